The third-order valence-corrected chi connectivity index (χ3v) is 4.01. The zero-order valence-corrected chi connectivity index (χ0v) is 13.1. The summed E-state index contributed by atoms with van der Waals surface area (Å²) in [6.07, 6.45) is 3.78. The lowest BCUT2D eigenvalue weighted by atomic mass is 10.1. The molecule has 1 aliphatic rings. The molecular formula is C16H21N3O3. The van der Waals surface area contributed by atoms with Crippen molar-refractivity contribution >= 4 is 0 Å². The smallest absolute Gasteiger partial charge is 0.231 e. The minimum absolute atomic E-state index is 0.245. The lowest BCUT2D eigenvalue weighted by molar-refractivity contribution is 0.171. The molecule has 0 bridgehead atoms. The third kappa shape index (κ3) is 2.87. The van der Waals surface area contributed by atoms with Crippen molar-refractivity contribution in [2.24, 2.45) is 0 Å². The van der Waals surface area contributed by atoms with Gasteiger partial charge in [-0.05, 0) is 37.6 Å². The molecule has 1 aromatic heterocycles. The van der Waals surface area contributed by atoms with Crippen molar-refractivity contribution in [2.75, 3.05) is 13.9 Å². The zero-order valence-electron chi connectivity index (χ0n) is 13.1. The van der Waals surface area contributed by atoms with Gasteiger partial charge in [-0.25, -0.2) is 0 Å². The highest BCUT2D eigenvalue weighted by Gasteiger charge is 2.20. The first kappa shape index (κ1) is 14.7. The molecule has 2 aromatic rings. The highest BCUT2D eigenvalue weighted by Crippen LogP contribution is 2.41. The van der Waals surface area contributed by atoms with Gasteiger partial charge in [0.1, 0.15) is 0 Å². The molecule has 1 aliphatic heterocycles. The summed E-state index contributed by atoms with van der Waals surface area (Å²) in [5, 5.41) is 7.80. The van der Waals surface area contributed by atoms with Gasteiger partial charge in [-0.1, -0.05) is 0 Å². The van der Waals surface area contributed by atoms with E-state index in [1.54, 1.807) is 13.3 Å². The van der Waals surface area contributed by atoms with E-state index >= 15 is 0 Å². The maximum Gasteiger partial charge on any atom is 0.231 e. The van der Waals surface area contributed by atoms with Crippen LogP contribution in [0.1, 0.15) is 25.5 Å². The Hall–Kier alpha value is -2.21. The monoisotopic (exact) mass is 303 g/mol. The Morgan fingerprint density at radius 1 is 1.36 bits per heavy atom. The van der Waals surface area contributed by atoms with Crippen molar-refractivity contribution in [3.63, 3.8) is 0 Å². The van der Waals surface area contributed by atoms with Crippen LogP contribution in [-0.4, -0.2) is 29.7 Å². The van der Waals surface area contributed by atoms with Gasteiger partial charge in [-0.15, -0.1) is 0 Å². The van der Waals surface area contributed by atoms with E-state index in [-0.39, 0.29) is 18.9 Å². The lowest BCUT2D eigenvalue weighted by Gasteiger charge is -2.22. The van der Waals surface area contributed by atoms with Crippen LogP contribution in [0, 0.1) is 0 Å². The molecule has 2 heterocycles. The molecule has 1 aromatic carbocycles. The molecule has 0 spiro atoms. The van der Waals surface area contributed by atoms with Crippen LogP contribution in [0.15, 0.2) is 30.6 Å². The number of rotatable bonds is 6. The largest absolute Gasteiger partial charge is 0.493 e. The van der Waals surface area contributed by atoms with Crippen molar-refractivity contribution < 1.29 is 14.2 Å². The second kappa shape index (κ2) is 6.27. The van der Waals surface area contributed by atoms with Crippen LogP contribution in [0.4, 0.5) is 0 Å². The number of hydrogen-bond donors (Lipinski definition) is 1. The van der Waals surface area contributed by atoms with E-state index in [0.29, 0.717) is 11.5 Å². The number of fused-ring (bicyclic) bond motifs is 1. The second-order valence-corrected chi connectivity index (χ2v) is 5.43. The fraction of sp³-hybridized carbons (Fsp3) is 0.438. The lowest BCUT2D eigenvalue weighted by Crippen LogP contribution is -2.33. The molecule has 0 radical (unpaired) electrons. The summed E-state index contributed by atoms with van der Waals surface area (Å²) in [5.41, 5.74) is 1.10. The van der Waals surface area contributed by atoms with Crippen LogP contribution in [0.25, 0.3) is 0 Å². The molecule has 118 valence electrons. The third-order valence-electron chi connectivity index (χ3n) is 4.01. The minimum Gasteiger partial charge on any atom is -0.493 e. The Kier molecular flexibility index (Phi) is 4.20. The summed E-state index contributed by atoms with van der Waals surface area (Å²) in [7, 11) is 1.64. The first-order chi connectivity index (χ1) is 10.7. The summed E-state index contributed by atoms with van der Waals surface area (Å²) >= 11 is 0. The van der Waals surface area contributed by atoms with E-state index < -0.39 is 0 Å². The van der Waals surface area contributed by atoms with Crippen LogP contribution in [-0.2, 0) is 6.54 Å². The molecule has 1 N–H and O–H groups in total. The van der Waals surface area contributed by atoms with Crippen LogP contribution in [0.2, 0.25) is 0 Å². The molecule has 0 saturated carbocycles. The number of nitrogens with one attached hydrogen (secondary N) is 1. The van der Waals surface area contributed by atoms with Crippen molar-refractivity contribution in [1.82, 2.24) is 15.1 Å². The van der Waals surface area contributed by atoms with Gasteiger partial charge >= 0.3 is 0 Å². The Bertz CT molecular complexity index is 628. The van der Waals surface area contributed by atoms with Crippen LogP contribution in [0.5, 0.6) is 17.2 Å². The number of aromatic nitrogens is 2. The molecule has 0 aliphatic carbocycles. The molecule has 0 saturated heterocycles. The van der Waals surface area contributed by atoms with Gasteiger partial charge in [0.25, 0.3) is 0 Å². The number of hydrogen-bond acceptors (Lipinski definition) is 5. The fourth-order valence-electron chi connectivity index (χ4n) is 2.49. The van der Waals surface area contributed by atoms with Gasteiger partial charge in [0.15, 0.2) is 11.5 Å². The van der Waals surface area contributed by atoms with E-state index in [9.17, 15) is 0 Å². The first-order valence-corrected chi connectivity index (χ1v) is 7.38. The summed E-state index contributed by atoms with van der Waals surface area (Å²) in [6, 6.07) is 6.45. The molecule has 3 rings (SSSR count). The molecule has 2 atom stereocenters. The van der Waals surface area contributed by atoms with Gasteiger partial charge < -0.3 is 19.5 Å². The highest BCUT2D eigenvalue weighted by atomic mass is 16.7. The Labute approximate surface area is 130 Å². The van der Waals surface area contributed by atoms with Gasteiger partial charge in [-0.2, -0.15) is 5.10 Å². The maximum absolute atomic E-state index is 5.45. The molecule has 22 heavy (non-hydrogen) atoms. The quantitative estimate of drug-likeness (QED) is 0.888. The minimum atomic E-state index is 0.245. The van der Waals surface area contributed by atoms with E-state index in [1.165, 1.54) is 0 Å². The van der Waals surface area contributed by atoms with Crippen molar-refractivity contribution in [3.05, 3.63) is 36.2 Å². The van der Waals surface area contributed by atoms with Crippen LogP contribution >= 0.6 is 0 Å². The van der Waals surface area contributed by atoms with E-state index in [4.69, 9.17) is 14.2 Å². The molecule has 6 nitrogen and oxygen atoms in total. The topological polar surface area (TPSA) is 57.5 Å². The fourth-order valence-corrected chi connectivity index (χ4v) is 2.49. The van der Waals surface area contributed by atoms with Crippen molar-refractivity contribution in [2.45, 2.75) is 32.5 Å². The van der Waals surface area contributed by atoms with Crippen LogP contribution < -0.4 is 19.5 Å². The summed E-state index contributed by atoms with van der Waals surface area (Å²) in [6.45, 7) is 5.26. The number of methoxy groups -OCH3 is 1. The summed E-state index contributed by atoms with van der Waals surface area (Å²) in [5.74, 6) is 2.13. The number of benzene rings is 1. The maximum atomic E-state index is 5.45. The normalized spacial score (nSPS) is 15.6. The Balaban J connectivity index is 1.66. The molecule has 2 unspecified atom stereocenters. The van der Waals surface area contributed by atoms with Gasteiger partial charge in [0, 0.05) is 25.0 Å². The Morgan fingerprint density at radius 2 is 2.23 bits per heavy atom. The molecule has 0 fully saturated rings. The van der Waals surface area contributed by atoms with E-state index in [0.717, 1.165) is 17.9 Å². The van der Waals surface area contributed by atoms with E-state index in [1.807, 2.05) is 29.1 Å². The average molecular weight is 303 g/mol. The van der Waals surface area contributed by atoms with Gasteiger partial charge in [0.2, 0.25) is 12.5 Å². The van der Waals surface area contributed by atoms with E-state index in [2.05, 4.69) is 24.3 Å². The zero-order chi connectivity index (χ0) is 15.5. The number of nitrogens with zero attached hydrogens (tertiary/aromatic N) is 2. The molecular weight excluding hydrogens is 282 g/mol. The standard InChI is InChI=1S/C16H21N3O3/c1-11(12(2)19-6-4-5-18-19)17-9-13-7-14(20-3)16-15(8-13)21-10-22-16/h4-8,11-12,17H,9-10H2,1-3H3. The highest BCUT2D eigenvalue weighted by molar-refractivity contribution is 5.55. The van der Waals surface area contributed by atoms with Crippen molar-refractivity contribution in [1.29, 1.82) is 0 Å². The average Bonchev–Trinajstić information content (AvgIpc) is 3.21. The SMILES string of the molecule is COc1cc(CNC(C)C(C)n2cccn2)cc2c1OCO2. The van der Waals surface area contributed by atoms with Crippen molar-refractivity contribution in [3.8, 4) is 17.2 Å². The molecule has 0 amide bonds. The summed E-state index contributed by atoms with van der Waals surface area (Å²) in [4.78, 5) is 0. The second-order valence-electron chi connectivity index (χ2n) is 5.43. The van der Waals surface area contributed by atoms with Gasteiger partial charge in [-0.3, -0.25) is 4.68 Å². The number of ether oxygens (including phenoxy) is 3. The molecule has 6 heteroatoms. The van der Waals surface area contributed by atoms with Gasteiger partial charge in [0.05, 0.1) is 13.2 Å². The van der Waals surface area contributed by atoms with Crippen LogP contribution in [0.3, 0.4) is 0 Å². The predicted molar refractivity (Wildman–Crippen MR) is 82.4 cm³/mol. The summed E-state index contributed by atoms with van der Waals surface area (Å²) < 4.78 is 18.2. The first-order valence-electron chi connectivity index (χ1n) is 7.38. The predicted octanol–water partition coefficient (Wildman–Crippen LogP) is 2.36. The Morgan fingerprint density at radius 3 is 2.95 bits per heavy atom.